The Morgan fingerprint density at radius 2 is 2.31 bits per heavy atom. The number of hydrogen-bond donors (Lipinski definition) is 1. The highest BCUT2D eigenvalue weighted by Crippen LogP contribution is 2.37. The van der Waals surface area contributed by atoms with E-state index in [9.17, 15) is 5.11 Å². The molecule has 1 aliphatic rings. The molecule has 2 heteroatoms. The van der Waals surface area contributed by atoms with Gasteiger partial charge in [0.2, 0.25) is 0 Å². The highest BCUT2D eigenvalue weighted by Gasteiger charge is 2.27. The van der Waals surface area contributed by atoms with Crippen LogP contribution in [0.4, 0.5) is 0 Å². The van der Waals surface area contributed by atoms with E-state index < -0.39 is 0 Å². The molecule has 1 aromatic heterocycles. The molecular formula is C11H16OS. The van der Waals surface area contributed by atoms with Gasteiger partial charge in [-0.15, -0.1) is 11.3 Å². The predicted molar refractivity (Wildman–Crippen MR) is 56.3 cm³/mol. The second-order valence-corrected chi connectivity index (χ2v) is 4.96. The second-order valence-electron chi connectivity index (χ2n) is 3.76. The van der Waals surface area contributed by atoms with E-state index in [2.05, 4.69) is 19.1 Å². The second kappa shape index (κ2) is 3.81. The summed E-state index contributed by atoms with van der Waals surface area (Å²) in [6.45, 7) is 2.18. The maximum absolute atomic E-state index is 9.73. The Kier molecular flexibility index (Phi) is 2.70. The van der Waals surface area contributed by atoms with Gasteiger partial charge in [-0.1, -0.05) is 13.3 Å². The van der Waals surface area contributed by atoms with Crippen LogP contribution in [0.15, 0.2) is 12.1 Å². The van der Waals surface area contributed by atoms with Crippen LogP contribution in [0.3, 0.4) is 0 Å². The van der Waals surface area contributed by atoms with Crippen molar-refractivity contribution in [2.75, 3.05) is 0 Å². The van der Waals surface area contributed by atoms with Gasteiger partial charge in [0.15, 0.2) is 0 Å². The van der Waals surface area contributed by atoms with Crippen molar-refractivity contribution >= 4 is 11.3 Å². The maximum Gasteiger partial charge on any atom is 0.0616 e. The summed E-state index contributed by atoms with van der Waals surface area (Å²) in [6.07, 6.45) is 4.39. The van der Waals surface area contributed by atoms with Crippen molar-refractivity contribution < 1.29 is 5.11 Å². The first kappa shape index (κ1) is 9.22. The van der Waals surface area contributed by atoms with Crippen molar-refractivity contribution in [3.05, 3.63) is 21.9 Å². The lowest BCUT2D eigenvalue weighted by Gasteiger charge is -2.11. The molecule has 0 aliphatic heterocycles. The highest BCUT2D eigenvalue weighted by molar-refractivity contribution is 7.12. The van der Waals surface area contributed by atoms with Crippen LogP contribution in [0.1, 0.15) is 41.9 Å². The fourth-order valence-electron chi connectivity index (χ4n) is 2.06. The van der Waals surface area contributed by atoms with E-state index in [0.717, 1.165) is 12.8 Å². The SMILES string of the molecule is CCc1ccc([C@@H]2CCC[C@H]2O)s1. The molecule has 0 bridgehead atoms. The summed E-state index contributed by atoms with van der Waals surface area (Å²) in [7, 11) is 0. The normalized spacial score (nSPS) is 28.2. The molecule has 1 N–H and O–H groups in total. The Morgan fingerprint density at radius 3 is 2.85 bits per heavy atom. The van der Waals surface area contributed by atoms with E-state index in [0.29, 0.717) is 5.92 Å². The summed E-state index contributed by atoms with van der Waals surface area (Å²) in [4.78, 5) is 2.83. The van der Waals surface area contributed by atoms with Crippen molar-refractivity contribution in [2.45, 2.75) is 44.6 Å². The number of aryl methyl sites for hydroxylation is 1. The average Bonchev–Trinajstić information content (AvgIpc) is 2.71. The molecule has 0 saturated heterocycles. The van der Waals surface area contributed by atoms with Crippen LogP contribution in [0.2, 0.25) is 0 Å². The molecule has 0 unspecified atom stereocenters. The van der Waals surface area contributed by atoms with Crippen LogP contribution < -0.4 is 0 Å². The largest absolute Gasteiger partial charge is 0.392 e. The molecule has 0 amide bonds. The molecule has 0 spiro atoms. The van der Waals surface area contributed by atoms with Crippen LogP contribution in [-0.4, -0.2) is 11.2 Å². The van der Waals surface area contributed by atoms with Crippen molar-refractivity contribution in [1.82, 2.24) is 0 Å². The fourth-order valence-corrected chi connectivity index (χ4v) is 3.20. The number of rotatable bonds is 2. The molecule has 0 aromatic carbocycles. The fraction of sp³-hybridized carbons (Fsp3) is 0.636. The summed E-state index contributed by atoms with van der Waals surface area (Å²) in [6, 6.07) is 4.40. The van der Waals surface area contributed by atoms with E-state index in [1.165, 1.54) is 22.6 Å². The van der Waals surface area contributed by atoms with E-state index >= 15 is 0 Å². The molecule has 1 aliphatic carbocycles. The molecule has 2 rings (SSSR count). The molecule has 2 atom stereocenters. The third-order valence-electron chi connectivity index (χ3n) is 2.88. The van der Waals surface area contributed by atoms with Gasteiger partial charge in [-0.2, -0.15) is 0 Å². The third kappa shape index (κ3) is 1.79. The third-order valence-corrected chi connectivity index (χ3v) is 4.24. The molecule has 1 fully saturated rings. The Bertz CT molecular complexity index is 279. The summed E-state index contributed by atoms with van der Waals surface area (Å²) >= 11 is 1.87. The minimum atomic E-state index is -0.0802. The van der Waals surface area contributed by atoms with Gasteiger partial charge in [-0.25, -0.2) is 0 Å². The zero-order chi connectivity index (χ0) is 9.26. The lowest BCUT2D eigenvalue weighted by molar-refractivity contribution is 0.165. The minimum Gasteiger partial charge on any atom is -0.392 e. The van der Waals surface area contributed by atoms with Gasteiger partial charge in [0.1, 0.15) is 0 Å². The number of aliphatic hydroxyl groups is 1. The first-order valence-electron chi connectivity index (χ1n) is 5.08. The Hall–Kier alpha value is -0.340. The molecule has 13 heavy (non-hydrogen) atoms. The minimum absolute atomic E-state index is 0.0802. The average molecular weight is 196 g/mol. The van der Waals surface area contributed by atoms with E-state index in [4.69, 9.17) is 0 Å². The summed E-state index contributed by atoms with van der Waals surface area (Å²) in [5.74, 6) is 0.435. The smallest absolute Gasteiger partial charge is 0.0616 e. The van der Waals surface area contributed by atoms with Gasteiger partial charge in [-0.3, -0.25) is 0 Å². The van der Waals surface area contributed by atoms with Crippen LogP contribution in [0, 0.1) is 0 Å². The molecule has 1 heterocycles. The first-order valence-corrected chi connectivity index (χ1v) is 5.89. The van der Waals surface area contributed by atoms with Crippen LogP contribution in [0.5, 0.6) is 0 Å². The van der Waals surface area contributed by atoms with Crippen molar-refractivity contribution in [1.29, 1.82) is 0 Å². The van der Waals surface area contributed by atoms with Crippen molar-refractivity contribution in [3.8, 4) is 0 Å². The lowest BCUT2D eigenvalue weighted by Crippen LogP contribution is -2.09. The van der Waals surface area contributed by atoms with Crippen molar-refractivity contribution in [3.63, 3.8) is 0 Å². The van der Waals surface area contributed by atoms with Gasteiger partial charge in [0, 0.05) is 15.7 Å². The number of hydrogen-bond acceptors (Lipinski definition) is 2. The predicted octanol–water partition coefficient (Wildman–Crippen LogP) is 2.94. The maximum atomic E-state index is 9.73. The van der Waals surface area contributed by atoms with Crippen molar-refractivity contribution in [2.24, 2.45) is 0 Å². The summed E-state index contributed by atoms with van der Waals surface area (Å²) in [5, 5.41) is 9.73. The van der Waals surface area contributed by atoms with E-state index in [1.807, 2.05) is 11.3 Å². The molecular weight excluding hydrogens is 180 g/mol. The topological polar surface area (TPSA) is 20.2 Å². The molecule has 1 nitrogen and oxygen atoms in total. The summed E-state index contributed by atoms with van der Waals surface area (Å²) in [5.41, 5.74) is 0. The first-order chi connectivity index (χ1) is 6.31. The Morgan fingerprint density at radius 1 is 1.46 bits per heavy atom. The molecule has 72 valence electrons. The van der Waals surface area contributed by atoms with Gasteiger partial charge in [0.25, 0.3) is 0 Å². The number of aliphatic hydroxyl groups excluding tert-OH is 1. The molecule has 1 aromatic rings. The quantitative estimate of drug-likeness (QED) is 0.771. The standard InChI is InChI=1S/C11H16OS/c1-2-8-6-7-11(13-8)9-4-3-5-10(9)12/h6-7,9-10,12H,2-5H2,1H3/t9-,10-/m1/s1. The van der Waals surface area contributed by atoms with Gasteiger partial charge < -0.3 is 5.11 Å². The molecule has 0 radical (unpaired) electrons. The van der Waals surface area contributed by atoms with Gasteiger partial charge in [-0.05, 0) is 31.4 Å². The van der Waals surface area contributed by atoms with Crippen LogP contribution >= 0.6 is 11.3 Å². The number of thiophene rings is 1. The van der Waals surface area contributed by atoms with Crippen LogP contribution in [-0.2, 0) is 6.42 Å². The zero-order valence-electron chi connectivity index (χ0n) is 7.99. The molecule has 1 saturated carbocycles. The van der Waals surface area contributed by atoms with E-state index in [1.54, 1.807) is 0 Å². The Labute approximate surface area is 83.4 Å². The van der Waals surface area contributed by atoms with Gasteiger partial charge in [0.05, 0.1) is 6.10 Å². The zero-order valence-corrected chi connectivity index (χ0v) is 8.81. The Balaban J connectivity index is 2.15. The van der Waals surface area contributed by atoms with E-state index in [-0.39, 0.29) is 6.10 Å². The summed E-state index contributed by atoms with van der Waals surface area (Å²) < 4.78 is 0. The highest BCUT2D eigenvalue weighted by atomic mass is 32.1. The van der Waals surface area contributed by atoms with Crippen LogP contribution in [0.25, 0.3) is 0 Å². The lowest BCUT2D eigenvalue weighted by atomic mass is 10.0. The monoisotopic (exact) mass is 196 g/mol. The van der Waals surface area contributed by atoms with Gasteiger partial charge >= 0.3 is 0 Å².